The fraction of sp³-hybridized carbons (Fsp3) is 0.625. The van der Waals surface area contributed by atoms with Gasteiger partial charge in [-0.15, -0.1) is 0 Å². The molecule has 106 valence electrons. The van der Waals surface area contributed by atoms with E-state index in [-0.39, 0.29) is 12.6 Å². The zero-order valence-corrected chi connectivity index (χ0v) is 12.0. The number of piperidine rings is 1. The number of hydrogen-bond acceptors (Lipinski definition) is 3. The van der Waals surface area contributed by atoms with Crippen molar-refractivity contribution < 1.29 is 5.11 Å². The van der Waals surface area contributed by atoms with Crippen LogP contribution in [0.25, 0.3) is 0 Å². The van der Waals surface area contributed by atoms with Crippen LogP contribution in [0.5, 0.6) is 0 Å². The molecule has 0 saturated carbocycles. The lowest BCUT2D eigenvalue weighted by atomic mass is 9.91. The van der Waals surface area contributed by atoms with Gasteiger partial charge in [-0.2, -0.15) is 0 Å². The van der Waals surface area contributed by atoms with Crippen LogP contribution in [0, 0.1) is 5.92 Å². The van der Waals surface area contributed by atoms with E-state index in [2.05, 4.69) is 36.3 Å². The van der Waals surface area contributed by atoms with Gasteiger partial charge in [-0.05, 0) is 44.8 Å². The van der Waals surface area contributed by atoms with Crippen molar-refractivity contribution in [2.45, 2.75) is 31.8 Å². The first-order valence-electron chi connectivity index (χ1n) is 7.31. The minimum atomic E-state index is 0.0448. The summed E-state index contributed by atoms with van der Waals surface area (Å²) in [6, 6.07) is 10.7. The van der Waals surface area contributed by atoms with Crippen LogP contribution in [0.15, 0.2) is 30.3 Å². The summed E-state index contributed by atoms with van der Waals surface area (Å²) in [4.78, 5) is 2.41. The standard InChI is InChI=1S/C16H26N2O/c1-13(15-9-6-10-18(2)11-15)17-16(12-19)14-7-4-3-5-8-14/h3-5,7-8,13,15-17,19H,6,9-12H2,1-2H3. The molecule has 3 heteroatoms. The molecule has 3 unspecified atom stereocenters. The number of hydrogen-bond donors (Lipinski definition) is 2. The third kappa shape index (κ3) is 4.03. The molecule has 1 aliphatic rings. The van der Waals surface area contributed by atoms with Gasteiger partial charge >= 0.3 is 0 Å². The molecule has 0 spiro atoms. The van der Waals surface area contributed by atoms with Gasteiger partial charge in [0.25, 0.3) is 0 Å². The van der Waals surface area contributed by atoms with Crippen molar-refractivity contribution in [2.24, 2.45) is 5.92 Å². The Morgan fingerprint density at radius 2 is 2.11 bits per heavy atom. The number of aliphatic hydroxyl groups excluding tert-OH is 1. The van der Waals surface area contributed by atoms with Crippen LogP contribution < -0.4 is 5.32 Å². The Labute approximate surface area is 116 Å². The van der Waals surface area contributed by atoms with E-state index in [9.17, 15) is 5.11 Å². The van der Waals surface area contributed by atoms with Gasteiger partial charge in [-0.3, -0.25) is 0 Å². The van der Waals surface area contributed by atoms with Gasteiger partial charge in [0.1, 0.15) is 0 Å². The molecule has 3 atom stereocenters. The molecule has 1 saturated heterocycles. The zero-order valence-electron chi connectivity index (χ0n) is 12.0. The first-order chi connectivity index (χ1) is 9.20. The van der Waals surface area contributed by atoms with E-state index < -0.39 is 0 Å². The molecule has 0 aromatic heterocycles. The maximum Gasteiger partial charge on any atom is 0.0626 e. The highest BCUT2D eigenvalue weighted by Crippen LogP contribution is 2.21. The number of likely N-dealkylation sites (tertiary alicyclic amines) is 1. The molecule has 3 nitrogen and oxygen atoms in total. The molecule has 0 aliphatic carbocycles. The van der Waals surface area contributed by atoms with E-state index in [0.29, 0.717) is 12.0 Å². The Kier molecular flexibility index (Phi) is 5.37. The van der Waals surface area contributed by atoms with Crippen LogP contribution >= 0.6 is 0 Å². The molecule has 2 rings (SSSR count). The lowest BCUT2D eigenvalue weighted by molar-refractivity contribution is 0.159. The van der Waals surface area contributed by atoms with Crippen LogP contribution in [0.3, 0.4) is 0 Å². The van der Waals surface area contributed by atoms with Gasteiger partial charge in [0.15, 0.2) is 0 Å². The molecule has 1 fully saturated rings. The molecular formula is C16H26N2O. The molecule has 1 heterocycles. The Morgan fingerprint density at radius 3 is 2.74 bits per heavy atom. The van der Waals surface area contributed by atoms with Crippen LogP contribution in [-0.2, 0) is 0 Å². The van der Waals surface area contributed by atoms with E-state index in [1.54, 1.807) is 0 Å². The summed E-state index contributed by atoms with van der Waals surface area (Å²) in [6.07, 6.45) is 2.56. The monoisotopic (exact) mass is 262 g/mol. The number of benzene rings is 1. The van der Waals surface area contributed by atoms with E-state index >= 15 is 0 Å². The number of aliphatic hydroxyl groups is 1. The summed E-state index contributed by atoms with van der Waals surface area (Å²) in [7, 11) is 2.19. The zero-order chi connectivity index (χ0) is 13.7. The highest BCUT2D eigenvalue weighted by molar-refractivity contribution is 5.19. The van der Waals surface area contributed by atoms with Gasteiger partial charge in [-0.25, -0.2) is 0 Å². The minimum Gasteiger partial charge on any atom is -0.394 e. The molecule has 0 bridgehead atoms. The minimum absolute atomic E-state index is 0.0448. The quantitative estimate of drug-likeness (QED) is 0.852. The molecule has 0 amide bonds. The maximum atomic E-state index is 9.61. The summed E-state index contributed by atoms with van der Waals surface area (Å²) in [5, 5.41) is 13.2. The fourth-order valence-corrected chi connectivity index (χ4v) is 3.01. The van der Waals surface area contributed by atoms with Gasteiger partial charge < -0.3 is 15.3 Å². The Morgan fingerprint density at radius 1 is 1.37 bits per heavy atom. The van der Waals surface area contributed by atoms with E-state index in [1.807, 2.05) is 18.2 Å². The van der Waals surface area contributed by atoms with Crippen LogP contribution in [0.1, 0.15) is 31.4 Å². The van der Waals surface area contributed by atoms with E-state index in [1.165, 1.54) is 24.9 Å². The summed E-state index contributed by atoms with van der Waals surface area (Å²) in [5.41, 5.74) is 1.17. The molecule has 1 aromatic carbocycles. The van der Waals surface area contributed by atoms with Gasteiger partial charge in [0, 0.05) is 12.6 Å². The van der Waals surface area contributed by atoms with Gasteiger partial charge in [-0.1, -0.05) is 30.3 Å². The largest absolute Gasteiger partial charge is 0.394 e. The fourth-order valence-electron chi connectivity index (χ4n) is 3.01. The molecular weight excluding hydrogens is 236 g/mol. The van der Waals surface area contributed by atoms with Crippen LogP contribution in [0.2, 0.25) is 0 Å². The van der Waals surface area contributed by atoms with Crippen molar-refractivity contribution in [3.05, 3.63) is 35.9 Å². The lowest BCUT2D eigenvalue weighted by Crippen LogP contribution is -2.44. The van der Waals surface area contributed by atoms with Crippen LogP contribution in [0.4, 0.5) is 0 Å². The van der Waals surface area contributed by atoms with Crippen molar-refractivity contribution in [1.29, 1.82) is 0 Å². The van der Waals surface area contributed by atoms with Crippen molar-refractivity contribution in [2.75, 3.05) is 26.7 Å². The first kappa shape index (κ1) is 14.5. The second kappa shape index (κ2) is 7.04. The first-order valence-corrected chi connectivity index (χ1v) is 7.31. The Hall–Kier alpha value is -0.900. The SMILES string of the molecule is CC(NC(CO)c1ccccc1)C1CCCN(C)C1. The predicted octanol–water partition coefficient (Wildman–Crippen LogP) is 2.04. The Bertz CT molecular complexity index is 368. The average molecular weight is 262 g/mol. The van der Waals surface area contributed by atoms with Crippen molar-refractivity contribution in [1.82, 2.24) is 10.2 Å². The summed E-state index contributed by atoms with van der Waals surface area (Å²) in [6.45, 7) is 4.76. The molecule has 2 N–H and O–H groups in total. The third-order valence-corrected chi connectivity index (χ3v) is 4.22. The van der Waals surface area contributed by atoms with Crippen molar-refractivity contribution in [3.8, 4) is 0 Å². The second-order valence-corrected chi connectivity index (χ2v) is 5.77. The second-order valence-electron chi connectivity index (χ2n) is 5.77. The van der Waals surface area contributed by atoms with Gasteiger partial charge in [0.2, 0.25) is 0 Å². The maximum absolute atomic E-state index is 9.61. The molecule has 1 aromatic rings. The van der Waals surface area contributed by atoms with Gasteiger partial charge in [0.05, 0.1) is 12.6 Å². The number of nitrogens with one attached hydrogen (secondary N) is 1. The van der Waals surface area contributed by atoms with E-state index in [0.717, 1.165) is 6.54 Å². The van der Waals surface area contributed by atoms with Crippen molar-refractivity contribution >= 4 is 0 Å². The predicted molar refractivity (Wildman–Crippen MR) is 79.1 cm³/mol. The topological polar surface area (TPSA) is 35.5 Å². The molecule has 0 radical (unpaired) electrons. The van der Waals surface area contributed by atoms with Crippen LogP contribution in [-0.4, -0.2) is 42.8 Å². The van der Waals surface area contributed by atoms with E-state index in [4.69, 9.17) is 0 Å². The van der Waals surface area contributed by atoms with Crippen molar-refractivity contribution in [3.63, 3.8) is 0 Å². The summed E-state index contributed by atoms with van der Waals surface area (Å²) in [5.74, 6) is 0.677. The normalized spacial score (nSPS) is 24.1. The molecule has 19 heavy (non-hydrogen) atoms. The number of rotatable bonds is 5. The highest BCUT2D eigenvalue weighted by atomic mass is 16.3. The summed E-state index contributed by atoms with van der Waals surface area (Å²) >= 11 is 0. The molecule has 1 aliphatic heterocycles. The Balaban J connectivity index is 1.94. The smallest absolute Gasteiger partial charge is 0.0626 e. The highest BCUT2D eigenvalue weighted by Gasteiger charge is 2.24. The average Bonchev–Trinajstić information content (AvgIpc) is 2.45. The summed E-state index contributed by atoms with van der Waals surface area (Å²) < 4.78 is 0. The lowest BCUT2D eigenvalue weighted by Gasteiger charge is -2.35. The third-order valence-electron chi connectivity index (χ3n) is 4.22. The number of nitrogens with zero attached hydrogens (tertiary/aromatic N) is 1.